The highest BCUT2D eigenvalue weighted by Crippen LogP contribution is 2.33. The van der Waals surface area contributed by atoms with Crippen LogP contribution in [0.2, 0.25) is 0 Å². The van der Waals surface area contributed by atoms with Gasteiger partial charge in [0.2, 0.25) is 0 Å². The molecule has 0 atom stereocenters. The van der Waals surface area contributed by atoms with Crippen molar-refractivity contribution in [2.75, 3.05) is 7.11 Å². The molecule has 0 saturated carbocycles. The molecule has 0 unspecified atom stereocenters. The molecule has 2 nitrogen and oxygen atoms in total. The molecule has 0 aliphatic carbocycles. The molecule has 0 fully saturated rings. The topological polar surface area (TPSA) is 26.3 Å². The fraction of sp³-hybridized carbons (Fsp3) is 0.222. The molecule has 1 aromatic rings. The standard InChI is InChI=1S/C9H6F4O2/c1-15-8-5(4-14)2-6(3-7(8)10)9(11,12)13/h2-4H,1H3. The van der Waals surface area contributed by atoms with Gasteiger partial charge < -0.3 is 4.74 Å². The molecule has 15 heavy (non-hydrogen) atoms. The summed E-state index contributed by atoms with van der Waals surface area (Å²) in [6.45, 7) is 0. The molecule has 0 saturated heterocycles. The summed E-state index contributed by atoms with van der Waals surface area (Å²) in [6.07, 6.45) is -4.58. The van der Waals surface area contributed by atoms with Crippen molar-refractivity contribution >= 4 is 6.29 Å². The number of halogens is 4. The van der Waals surface area contributed by atoms with E-state index in [1.165, 1.54) is 0 Å². The summed E-state index contributed by atoms with van der Waals surface area (Å²) in [5, 5.41) is 0. The fourth-order valence-electron chi connectivity index (χ4n) is 1.08. The van der Waals surface area contributed by atoms with Crippen molar-refractivity contribution in [1.82, 2.24) is 0 Å². The van der Waals surface area contributed by atoms with Gasteiger partial charge in [-0.15, -0.1) is 0 Å². The Hall–Kier alpha value is -1.59. The lowest BCUT2D eigenvalue weighted by Gasteiger charge is -2.10. The van der Waals surface area contributed by atoms with Gasteiger partial charge in [0.1, 0.15) is 0 Å². The summed E-state index contributed by atoms with van der Waals surface area (Å²) >= 11 is 0. The Bertz CT molecular complexity index is 384. The minimum atomic E-state index is -4.69. The maximum atomic E-state index is 13.0. The van der Waals surface area contributed by atoms with E-state index in [0.29, 0.717) is 6.07 Å². The predicted molar refractivity (Wildman–Crippen MR) is 43.3 cm³/mol. The lowest BCUT2D eigenvalue weighted by Crippen LogP contribution is -2.07. The van der Waals surface area contributed by atoms with Crippen LogP contribution in [0.3, 0.4) is 0 Å². The molecule has 0 spiro atoms. The number of hydrogen-bond donors (Lipinski definition) is 0. The Morgan fingerprint density at radius 3 is 2.33 bits per heavy atom. The van der Waals surface area contributed by atoms with Crippen LogP contribution in [0.5, 0.6) is 5.75 Å². The molecular weight excluding hydrogens is 216 g/mol. The summed E-state index contributed by atoms with van der Waals surface area (Å²) in [7, 11) is 1.07. The van der Waals surface area contributed by atoms with Crippen molar-refractivity contribution in [3.8, 4) is 5.75 Å². The largest absolute Gasteiger partial charge is 0.493 e. The van der Waals surface area contributed by atoms with Gasteiger partial charge in [-0.25, -0.2) is 4.39 Å². The molecule has 0 amide bonds. The lowest BCUT2D eigenvalue weighted by atomic mass is 10.1. The first-order valence-corrected chi connectivity index (χ1v) is 3.80. The number of methoxy groups -OCH3 is 1. The van der Waals surface area contributed by atoms with Gasteiger partial charge >= 0.3 is 6.18 Å². The zero-order chi connectivity index (χ0) is 11.6. The second kappa shape index (κ2) is 3.88. The third-order valence-electron chi connectivity index (χ3n) is 1.73. The first-order chi connectivity index (χ1) is 6.90. The van der Waals surface area contributed by atoms with Gasteiger partial charge in [0.05, 0.1) is 18.2 Å². The van der Waals surface area contributed by atoms with Crippen molar-refractivity contribution < 1.29 is 27.1 Å². The molecular formula is C9H6F4O2. The maximum Gasteiger partial charge on any atom is 0.416 e. The normalized spacial score (nSPS) is 11.3. The third-order valence-corrected chi connectivity index (χ3v) is 1.73. The van der Waals surface area contributed by atoms with E-state index >= 15 is 0 Å². The highest BCUT2D eigenvalue weighted by molar-refractivity contribution is 5.79. The minimum absolute atomic E-state index is 0.108. The van der Waals surface area contributed by atoms with Crippen LogP contribution in [0.25, 0.3) is 0 Å². The van der Waals surface area contributed by atoms with E-state index in [4.69, 9.17) is 0 Å². The van der Waals surface area contributed by atoms with E-state index in [-0.39, 0.29) is 12.4 Å². The number of hydrogen-bond acceptors (Lipinski definition) is 2. The average Bonchev–Trinajstić information content (AvgIpc) is 2.15. The summed E-state index contributed by atoms with van der Waals surface area (Å²) in [5.41, 5.74) is -1.69. The van der Waals surface area contributed by atoms with Crippen LogP contribution in [0.15, 0.2) is 12.1 Å². The van der Waals surface area contributed by atoms with E-state index < -0.39 is 28.9 Å². The lowest BCUT2D eigenvalue weighted by molar-refractivity contribution is -0.137. The van der Waals surface area contributed by atoms with Crippen molar-refractivity contribution in [2.24, 2.45) is 0 Å². The second-order valence-electron chi connectivity index (χ2n) is 2.70. The highest BCUT2D eigenvalue weighted by atomic mass is 19.4. The van der Waals surface area contributed by atoms with E-state index in [9.17, 15) is 22.4 Å². The maximum absolute atomic E-state index is 13.0. The van der Waals surface area contributed by atoms with Crippen LogP contribution < -0.4 is 4.74 Å². The quantitative estimate of drug-likeness (QED) is 0.568. The summed E-state index contributed by atoms with van der Waals surface area (Å²) in [6, 6.07) is 0.820. The number of rotatable bonds is 2. The van der Waals surface area contributed by atoms with Gasteiger partial charge in [0.25, 0.3) is 0 Å². The number of carbonyl (C=O) groups excluding carboxylic acids is 1. The third kappa shape index (κ3) is 2.26. The molecule has 0 heterocycles. The first-order valence-electron chi connectivity index (χ1n) is 3.80. The molecule has 1 aromatic carbocycles. The van der Waals surface area contributed by atoms with Crippen molar-refractivity contribution in [3.05, 3.63) is 29.1 Å². The van der Waals surface area contributed by atoms with E-state index in [1.54, 1.807) is 0 Å². The highest BCUT2D eigenvalue weighted by Gasteiger charge is 2.32. The van der Waals surface area contributed by atoms with Crippen LogP contribution in [0, 0.1) is 5.82 Å². The second-order valence-corrected chi connectivity index (χ2v) is 2.70. The SMILES string of the molecule is COc1c(F)cc(C(F)(F)F)cc1C=O. The Morgan fingerprint density at radius 1 is 1.33 bits per heavy atom. The Labute approximate surface area is 82.5 Å². The van der Waals surface area contributed by atoms with E-state index in [1.807, 2.05) is 0 Å². The van der Waals surface area contributed by atoms with E-state index in [2.05, 4.69) is 4.74 Å². The molecule has 6 heteroatoms. The Balaban J connectivity index is 3.38. The van der Waals surface area contributed by atoms with E-state index in [0.717, 1.165) is 7.11 Å². The van der Waals surface area contributed by atoms with Gasteiger partial charge in [-0.3, -0.25) is 4.79 Å². The molecule has 82 valence electrons. The Morgan fingerprint density at radius 2 is 1.93 bits per heavy atom. The van der Waals surface area contributed by atoms with Crippen LogP contribution in [0.4, 0.5) is 17.6 Å². The van der Waals surface area contributed by atoms with Gasteiger partial charge in [0.15, 0.2) is 17.9 Å². The van der Waals surface area contributed by atoms with Gasteiger partial charge in [-0.2, -0.15) is 13.2 Å². The molecule has 0 radical (unpaired) electrons. The molecule has 1 rings (SSSR count). The summed E-state index contributed by atoms with van der Waals surface area (Å²) < 4.78 is 54.1. The van der Waals surface area contributed by atoms with Crippen molar-refractivity contribution in [3.63, 3.8) is 0 Å². The fourth-order valence-corrected chi connectivity index (χ4v) is 1.08. The molecule has 0 bridgehead atoms. The van der Waals surface area contributed by atoms with Gasteiger partial charge in [-0.1, -0.05) is 0 Å². The van der Waals surface area contributed by atoms with Gasteiger partial charge in [-0.05, 0) is 12.1 Å². The smallest absolute Gasteiger partial charge is 0.416 e. The number of alkyl halides is 3. The molecule has 0 N–H and O–H groups in total. The first kappa shape index (κ1) is 11.5. The summed E-state index contributed by atoms with van der Waals surface area (Å²) in [5.74, 6) is -1.70. The minimum Gasteiger partial charge on any atom is -0.493 e. The molecule has 0 aromatic heterocycles. The average molecular weight is 222 g/mol. The number of ether oxygens (including phenoxy) is 1. The number of aldehydes is 1. The predicted octanol–water partition coefficient (Wildman–Crippen LogP) is 2.67. The van der Waals surface area contributed by atoms with Crippen LogP contribution >= 0.6 is 0 Å². The molecule has 0 aliphatic rings. The Kier molecular flexibility index (Phi) is 2.97. The number of carbonyl (C=O) groups is 1. The van der Waals surface area contributed by atoms with Crippen molar-refractivity contribution in [1.29, 1.82) is 0 Å². The van der Waals surface area contributed by atoms with Crippen LogP contribution in [-0.2, 0) is 6.18 Å². The summed E-state index contributed by atoms with van der Waals surface area (Å²) in [4.78, 5) is 10.4. The van der Waals surface area contributed by atoms with Crippen LogP contribution in [0.1, 0.15) is 15.9 Å². The number of benzene rings is 1. The van der Waals surface area contributed by atoms with Crippen LogP contribution in [-0.4, -0.2) is 13.4 Å². The van der Waals surface area contributed by atoms with Crippen molar-refractivity contribution in [2.45, 2.75) is 6.18 Å². The zero-order valence-corrected chi connectivity index (χ0v) is 7.56. The van der Waals surface area contributed by atoms with Gasteiger partial charge in [0, 0.05) is 0 Å². The zero-order valence-electron chi connectivity index (χ0n) is 7.56. The monoisotopic (exact) mass is 222 g/mol. The molecule has 0 aliphatic heterocycles.